The Bertz CT molecular complexity index is 711. The number of benzene rings is 1. The molecular formula is C24H38N4O2. The molecule has 1 aromatic rings. The molecule has 6 nitrogen and oxygen atoms in total. The lowest BCUT2D eigenvalue weighted by Crippen LogP contribution is -2.65. The Morgan fingerprint density at radius 3 is 2.53 bits per heavy atom. The van der Waals surface area contributed by atoms with Crippen LogP contribution in [0.4, 0.5) is 16.2 Å². The van der Waals surface area contributed by atoms with Crippen LogP contribution in [0.2, 0.25) is 0 Å². The van der Waals surface area contributed by atoms with Gasteiger partial charge < -0.3 is 25.2 Å². The van der Waals surface area contributed by atoms with Gasteiger partial charge in [0.15, 0.2) is 0 Å². The third kappa shape index (κ3) is 4.30. The highest BCUT2D eigenvalue weighted by Gasteiger charge is 2.56. The lowest BCUT2D eigenvalue weighted by atomic mass is 9.55. The van der Waals surface area contributed by atoms with Gasteiger partial charge in [-0.15, -0.1) is 0 Å². The van der Waals surface area contributed by atoms with E-state index in [1.54, 1.807) is 0 Å². The fourth-order valence-corrected chi connectivity index (χ4v) is 5.74. The number of para-hydroxylation sites is 2. The first-order valence-electron chi connectivity index (χ1n) is 11.9. The number of carbonyl (C=O) groups excluding carboxylic acids is 1. The number of amides is 2. The number of nitrogens with zero attached hydrogens (tertiary/aromatic N) is 2. The van der Waals surface area contributed by atoms with Crippen LogP contribution in [0.25, 0.3) is 0 Å². The molecule has 1 spiro atoms. The van der Waals surface area contributed by atoms with Crippen LogP contribution >= 0.6 is 0 Å². The average molecular weight is 415 g/mol. The Morgan fingerprint density at radius 2 is 1.83 bits per heavy atom. The van der Waals surface area contributed by atoms with Crippen molar-refractivity contribution in [1.29, 1.82) is 0 Å². The lowest BCUT2D eigenvalue weighted by molar-refractivity contribution is -0.146. The molecule has 0 radical (unpaired) electrons. The van der Waals surface area contributed by atoms with E-state index in [1.807, 2.05) is 12.1 Å². The summed E-state index contributed by atoms with van der Waals surface area (Å²) in [6, 6.07) is 8.32. The molecule has 1 aliphatic heterocycles. The molecule has 0 unspecified atom stereocenters. The van der Waals surface area contributed by atoms with E-state index in [1.165, 1.54) is 32.1 Å². The van der Waals surface area contributed by atoms with Gasteiger partial charge in [-0.1, -0.05) is 38.3 Å². The summed E-state index contributed by atoms with van der Waals surface area (Å²) in [5, 5.41) is 6.46. The van der Waals surface area contributed by atoms with E-state index in [2.05, 4.69) is 46.4 Å². The summed E-state index contributed by atoms with van der Waals surface area (Å²) >= 11 is 0. The fraction of sp³-hybridized carbons (Fsp3) is 0.708. The standard InChI is InChI=1S/C24H38N4O2/c1-3-27-14-16-28(17-15-27)20-11-7-6-10-19(20)25-23(29)26-21-18-22(30-4-2)24(21)12-8-5-9-13-24/h6-7,10-11,21-22H,3-5,8-9,12-18H2,1-2H3,(H2,25,26,29)/t21-,22+/m1/s1. The van der Waals surface area contributed by atoms with Crippen molar-refractivity contribution in [3.8, 4) is 0 Å². The smallest absolute Gasteiger partial charge is 0.319 e. The first kappa shape index (κ1) is 21.4. The van der Waals surface area contributed by atoms with E-state index >= 15 is 0 Å². The molecule has 2 aliphatic carbocycles. The average Bonchev–Trinajstić information content (AvgIpc) is 2.79. The second-order valence-corrected chi connectivity index (χ2v) is 9.06. The number of hydrogen-bond acceptors (Lipinski definition) is 4. The molecule has 1 heterocycles. The minimum Gasteiger partial charge on any atom is -0.378 e. The SMILES string of the molecule is CCO[C@H]1C[C@@H](NC(=O)Nc2ccccc2N2CCN(CC)CC2)C12CCCCC2. The van der Waals surface area contributed by atoms with Crippen molar-refractivity contribution < 1.29 is 9.53 Å². The molecule has 0 aromatic heterocycles. The van der Waals surface area contributed by atoms with Crippen LogP contribution in [0.3, 0.4) is 0 Å². The first-order valence-corrected chi connectivity index (χ1v) is 11.9. The molecule has 2 atom stereocenters. The third-order valence-corrected chi connectivity index (χ3v) is 7.56. The number of piperazine rings is 1. The molecule has 1 saturated heterocycles. The van der Waals surface area contributed by atoms with Gasteiger partial charge in [-0.2, -0.15) is 0 Å². The van der Waals surface area contributed by atoms with Gasteiger partial charge in [0.05, 0.1) is 17.5 Å². The highest BCUT2D eigenvalue weighted by molar-refractivity contribution is 5.93. The van der Waals surface area contributed by atoms with Gasteiger partial charge in [-0.3, -0.25) is 0 Å². The van der Waals surface area contributed by atoms with Gasteiger partial charge in [-0.25, -0.2) is 4.79 Å². The van der Waals surface area contributed by atoms with Gasteiger partial charge in [-0.05, 0) is 44.9 Å². The highest BCUT2D eigenvalue weighted by atomic mass is 16.5. The molecule has 6 heteroatoms. The molecule has 2 amide bonds. The number of likely N-dealkylation sites (N-methyl/N-ethyl adjacent to an activating group) is 1. The van der Waals surface area contributed by atoms with E-state index in [-0.39, 0.29) is 17.5 Å². The Hall–Kier alpha value is -1.79. The zero-order valence-corrected chi connectivity index (χ0v) is 18.7. The second-order valence-electron chi connectivity index (χ2n) is 9.06. The summed E-state index contributed by atoms with van der Waals surface area (Å²) in [5.41, 5.74) is 2.16. The van der Waals surface area contributed by atoms with Crippen molar-refractivity contribution in [2.45, 2.75) is 64.5 Å². The summed E-state index contributed by atoms with van der Waals surface area (Å²) in [6.45, 7) is 10.3. The van der Waals surface area contributed by atoms with E-state index in [0.29, 0.717) is 6.10 Å². The zero-order valence-electron chi connectivity index (χ0n) is 18.7. The molecule has 0 bridgehead atoms. The summed E-state index contributed by atoms with van der Waals surface area (Å²) in [5.74, 6) is 0. The number of hydrogen-bond donors (Lipinski definition) is 2. The van der Waals surface area contributed by atoms with E-state index in [9.17, 15) is 4.79 Å². The number of urea groups is 1. The van der Waals surface area contributed by atoms with Crippen LogP contribution in [-0.4, -0.2) is 62.4 Å². The predicted molar refractivity (Wildman–Crippen MR) is 122 cm³/mol. The van der Waals surface area contributed by atoms with E-state index in [0.717, 1.165) is 57.1 Å². The van der Waals surface area contributed by atoms with Crippen molar-refractivity contribution in [3.05, 3.63) is 24.3 Å². The number of ether oxygens (including phenoxy) is 1. The normalized spacial score (nSPS) is 26.3. The van der Waals surface area contributed by atoms with Crippen molar-refractivity contribution in [3.63, 3.8) is 0 Å². The molecule has 166 valence electrons. The fourth-order valence-electron chi connectivity index (χ4n) is 5.74. The molecule has 2 N–H and O–H groups in total. The topological polar surface area (TPSA) is 56.8 Å². The van der Waals surface area contributed by atoms with E-state index in [4.69, 9.17) is 4.74 Å². The van der Waals surface area contributed by atoms with E-state index < -0.39 is 0 Å². The Balaban J connectivity index is 1.39. The number of nitrogens with one attached hydrogen (secondary N) is 2. The Morgan fingerprint density at radius 1 is 1.10 bits per heavy atom. The lowest BCUT2D eigenvalue weighted by Gasteiger charge is -2.57. The summed E-state index contributed by atoms with van der Waals surface area (Å²) in [6.07, 6.45) is 7.36. The summed E-state index contributed by atoms with van der Waals surface area (Å²) < 4.78 is 6.04. The minimum absolute atomic E-state index is 0.0838. The predicted octanol–water partition coefficient (Wildman–Crippen LogP) is 4.08. The van der Waals surface area contributed by atoms with Crippen LogP contribution in [0.5, 0.6) is 0 Å². The van der Waals surface area contributed by atoms with Gasteiger partial charge >= 0.3 is 6.03 Å². The molecule has 2 saturated carbocycles. The number of rotatable bonds is 6. The Labute approximate surface area is 181 Å². The molecule has 3 aliphatic rings. The molecule has 4 rings (SSSR count). The molecule has 1 aromatic carbocycles. The van der Waals surface area contributed by atoms with Crippen molar-refractivity contribution in [2.75, 3.05) is 49.5 Å². The van der Waals surface area contributed by atoms with Crippen molar-refractivity contribution in [1.82, 2.24) is 10.2 Å². The maximum atomic E-state index is 12.9. The first-order chi connectivity index (χ1) is 14.7. The van der Waals surface area contributed by atoms with Crippen LogP contribution in [0, 0.1) is 5.41 Å². The maximum absolute atomic E-state index is 12.9. The zero-order chi connectivity index (χ0) is 21.0. The molecule has 3 fully saturated rings. The monoisotopic (exact) mass is 414 g/mol. The van der Waals surface area contributed by atoms with Gasteiger partial charge in [0, 0.05) is 44.2 Å². The quantitative estimate of drug-likeness (QED) is 0.737. The van der Waals surface area contributed by atoms with Crippen LogP contribution < -0.4 is 15.5 Å². The number of anilines is 2. The van der Waals surface area contributed by atoms with Crippen LogP contribution in [0.15, 0.2) is 24.3 Å². The van der Waals surface area contributed by atoms with Gasteiger partial charge in [0.25, 0.3) is 0 Å². The minimum atomic E-state index is -0.0838. The second kappa shape index (κ2) is 9.56. The highest BCUT2D eigenvalue weighted by Crippen LogP contribution is 2.53. The van der Waals surface area contributed by atoms with Crippen LogP contribution in [0.1, 0.15) is 52.4 Å². The molecular weight excluding hydrogens is 376 g/mol. The number of carbonyl (C=O) groups is 1. The van der Waals surface area contributed by atoms with Crippen molar-refractivity contribution in [2.24, 2.45) is 5.41 Å². The molecule has 30 heavy (non-hydrogen) atoms. The maximum Gasteiger partial charge on any atom is 0.319 e. The largest absolute Gasteiger partial charge is 0.378 e. The van der Waals surface area contributed by atoms with Crippen LogP contribution in [-0.2, 0) is 4.74 Å². The summed E-state index contributed by atoms with van der Waals surface area (Å²) in [7, 11) is 0. The van der Waals surface area contributed by atoms with Gasteiger partial charge in [0.1, 0.15) is 0 Å². The third-order valence-electron chi connectivity index (χ3n) is 7.56. The van der Waals surface area contributed by atoms with Gasteiger partial charge in [0.2, 0.25) is 0 Å². The van der Waals surface area contributed by atoms with Crippen molar-refractivity contribution >= 4 is 17.4 Å². The Kier molecular flexibility index (Phi) is 6.84. The summed E-state index contributed by atoms with van der Waals surface area (Å²) in [4.78, 5) is 17.8.